The van der Waals surface area contributed by atoms with Crippen LogP contribution in [0.4, 0.5) is 11.5 Å². The van der Waals surface area contributed by atoms with E-state index in [1.165, 1.54) is 11.3 Å². The maximum absolute atomic E-state index is 13.2. The van der Waals surface area contributed by atoms with Crippen molar-refractivity contribution in [2.75, 3.05) is 23.9 Å². The highest BCUT2D eigenvalue weighted by Gasteiger charge is 2.35. The Hall–Kier alpha value is -4.44. The second kappa shape index (κ2) is 9.21. The quantitative estimate of drug-likeness (QED) is 0.341. The molecule has 4 heterocycles. The van der Waals surface area contributed by atoms with Gasteiger partial charge in [0.25, 0.3) is 0 Å². The average molecular weight is 514 g/mol. The first-order chi connectivity index (χ1) is 18.0. The van der Waals surface area contributed by atoms with Crippen molar-refractivity contribution in [2.45, 2.75) is 13.3 Å². The minimum absolute atomic E-state index is 0.0922. The molecule has 186 valence electrons. The molecule has 0 aliphatic carbocycles. The Kier molecular flexibility index (Phi) is 5.72. The van der Waals surface area contributed by atoms with Crippen LogP contribution in [0.25, 0.3) is 27.6 Å². The number of fused-ring (bicyclic) bond motifs is 1. The minimum atomic E-state index is -0.485. The van der Waals surface area contributed by atoms with Gasteiger partial charge in [0.05, 0.1) is 18.7 Å². The molecule has 1 aliphatic heterocycles. The summed E-state index contributed by atoms with van der Waals surface area (Å²) >= 11 is 1.40. The number of benzene rings is 2. The molecule has 6 rings (SSSR count). The smallest absolute Gasteiger partial charge is 0.230 e. The van der Waals surface area contributed by atoms with Gasteiger partial charge in [-0.15, -0.1) is 11.3 Å². The molecule has 0 spiro atoms. The summed E-state index contributed by atoms with van der Waals surface area (Å²) in [6.07, 6.45) is 0.137. The van der Waals surface area contributed by atoms with Crippen LogP contribution in [-0.2, 0) is 9.59 Å². The van der Waals surface area contributed by atoms with Crippen molar-refractivity contribution in [3.05, 3.63) is 71.7 Å². The summed E-state index contributed by atoms with van der Waals surface area (Å²) in [4.78, 5) is 32.2. The van der Waals surface area contributed by atoms with Gasteiger partial charge < -0.3 is 19.4 Å². The second-order valence-corrected chi connectivity index (χ2v) is 9.68. The molecular weight excluding hydrogens is 490 g/mol. The van der Waals surface area contributed by atoms with E-state index in [4.69, 9.17) is 14.1 Å². The molecule has 9 nitrogen and oxygen atoms in total. The molecule has 0 radical (unpaired) electrons. The van der Waals surface area contributed by atoms with Gasteiger partial charge in [0, 0.05) is 35.5 Å². The van der Waals surface area contributed by atoms with Crippen molar-refractivity contribution >= 4 is 45.6 Å². The average Bonchev–Trinajstić information content (AvgIpc) is 3.69. The summed E-state index contributed by atoms with van der Waals surface area (Å²) in [5.74, 6) is 1.06. The first-order valence-electron chi connectivity index (χ1n) is 11.8. The van der Waals surface area contributed by atoms with Crippen LogP contribution in [0.5, 0.6) is 5.75 Å². The molecule has 0 saturated carbocycles. The highest BCUT2D eigenvalue weighted by molar-refractivity contribution is 7.12. The lowest BCUT2D eigenvalue weighted by molar-refractivity contribution is -0.122. The number of nitrogens with zero attached hydrogens (tertiary/aromatic N) is 4. The number of furan rings is 1. The van der Waals surface area contributed by atoms with E-state index in [1.54, 1.807) is 34.9 Å². The van der Waals surface area contributed by atoms with Gasteiger partial charge in [-0.05, 0) is 43.3 Å². The fourth-order valence-corrected chi connectivity index (χ4v) is 5.22. The van der Waals surface area contributed by atoms with Crippen LogP contribution < -0.4 is 15.0 Å². The molecule has 0 bridgehead atoms. The number of para-hydroxylation sites is 1. The van der Waals surface area contributed by atoms with Crippen LogP contribution in [0.3, 0.4) is 0 Å². The maximum Gasteiger partial charge on any atom is 0.230 e. The van der Waals surface area contributed by atoms with Crippen LogP contribution in [0.2, 0.25) is 0 Å². The van der Waals surface area contributed by atoms with Crippen molar-refractivity contribution in [2.24, 2.45) is 5.92 Å². The number of amides is 2. The van der Waals surface area contributed by atoms with E-state index in [2.05, 4.69) is 10.4 Å². The van der Waals surface area contributed by atoms with Crippen molar-refractivity contribution < 1.29 is 18.7 Å². The van der Waals surface area contributed by atoms with Gasteiger partial charge in [-0.2, -0.15) is 9.78 Å². The third kappa shape index (κ3) is 4.36. The van der Waals surface area contributed by atoms with E-state index < -0.39 is 5.92 Å². The summed E-state index contributed by atoms with van der Waals surface area (Å²) in [6.45, 7) is 2.15. The molecule has 1 saturated heterocycles. The van der Waals surface area contributed by atoms with Crippen LogP contribution in [0.15, 0.2) is 70.5 Å². The number of nitrogens with one attached hydrogen (secondary N) is 1. The Morgan fingerprint density at radius 2 is 1.97 bits per heavy atom. The molecule has 37 heavy (non-hydrogen) atoms. The Bertz CT molecular complexity index is 1580. The fraction of sp³-hybridized carbons (Fsp3) is 0.185. The number of anilines is 2. The highest BCUT2D eigenvalue weighted by atomic mass is 32.1. The summed E-state index contributed by atoms with van der Waals surface area (Å²) in [6, 6.07) is 18.8. The molecule has 2 amide bonds. The van der Waals surface area contributed by atoms with Gasteiger partial charge in [-0.3, -0.25) is 9.59 Å². The first-order valence-corrected chi connectivity index (χ1v) is 12.6. The first kappa shape index (κ1) is 23.0. The molecule has 3 aromatic heterocycles. The lowest BCUT2D eigenvalue weighted by Gasteiger charge is -2.17. The monoisotopic (exact) mass is 513 g/mol. The molecule has 1 N–H and O–H groups in total. The van der Waals surface area contributed by atoms with E-state index >= 15 is 0 Å². The molecule has 1 atom stereocenters. The normalized spacial score (nSPS) is 15.5. The molecular formula is C27H23N5O4S. The minimum Gasteiger partial charge on any atom is -0.497 e. The predicted octanol–water partition coefficient (Wildman–Crippen LogP) is 5.05. The molecule has 1 fully saturated rings. The lowest BCUT2D eigenvalue weighted by Crippen LogP contribution is -2.28. The van der Waals surface area contributed by atoms with Gasteiger partial charge in [0.15, 0.2) is 5.76 Å². The van der Waals surface area contributed by atoms with Crippen molar-refractivity contribution in [1.29, 1.82) is 0 Å². The van der Waals surface area contributed by atoms with Crippen LogP contribution in [0, 0.1) is 12.8 Å². The highest BCUT2D eigenvalue weighted by Crippen LogP contribution is 2.31. The summed E-state index contributed by atoms with van der Waals surface area (Å²) in [5, 5.41) is 11.0. The number of ether oxygens (including phenoxy) is 1. The van der Waals surface area contributed by atoms with Gasteiger partial charge in [-0.25, -0.2) is 4.98 Å². The molecule has 1 unspecified atom stereocenters. The summed E-state index contributed by atoms with van der Waals surface area (Å²) in [5.41, 5.74) is 2.96. The Morgan fingerprint density at radius 3 is 2.76 bits per heavy atom. The largest absolute Gasteiger partial charge is 0.497 e. The third-order valence-corrected chi connectivity index (χ3v) is 7.13. The van der Waals surface area contributed by atoms with Crippen molar-refractivity contribution in [1.82, 2.24) is 14.8 Å². The number of aromatic nitrogens is 3. The molecule has 1 aliphatic rings. The van der Waals surface area contributed by atoms with E-state index in [0.717, 1.165) is 22.4 Å². The predicted molar refractivity (Wildman–Crippen MR) is 141 cm³/mol. The summed E-state index contributed by atoms with van der Waals surface area (Å²) < 4.78 is 12.7. The van der Waals surface area contributed by atoms with Gasteiger partial charge in [0.2, 0.25) is 16.9 Å². The van der Waals surface area contributed by atoms with Crippen molar-refractivity contribution in [3.63, 3.8) is 0 Å². The number of rotatable bonds is 6. The standard InChI is InChI=1S/C27H23N5O4S/c1-16-11-24(29-26(34)18-13-25(33)31(14-18)19-7-9-20(35-2)10-8-19)32(30-16)27-28-21(15-37-27)23-12-17-5-3-4-6-22(17)36-23/h3-12,15,18H,13-14H2,1-2H3,(H,29,34). The number of methoxy groups -OCH3 is 1. The second-order valence-electron chi connectivity index (χ2n) is 8.84. The van der Waals surface area contributed by atoms with Gasteiger partial charge >= 0.3 is 0 Å². The molecule has 2 aromatic carbocycles. The zero-order valence-corrected chi connectivity index (χ0v) is 21.0. The van der Waals surface area contributed by atoms with E-state index in [-0.39, 0.29) is 18.2 Å². The van der Waals surface area contributed by atoms with Crippen LogP contribution >= 0.6 is 11.3 Å². The zero-order valence-electron chi connectivity index (χ0n) is 20.2. The number of hydrogen-bond acceptors (Lipinski definition) is 7. The topological polar surface area (TPSA) is 102 Å². The van der Waals surface area contributed by atoms with Crippen molar-refractivity contribution in [3.8, 4) is 22.3 Å². The SMILES string of the molecule is COc1ccc(N2CC(C(=O)Nc3cc(C)nn3-c3nc(-c4cc5ccccc5o4)cs3)CC2=O)cc1. The van der Waals surface area contributed by atoms with E-state index in [1.807, 2.05) is 54.8 Å². The fourth-order valence-electron chi connectivity index (χ4n) is 4.44. The van der Waals surface area contributed by atoms with Crippen LogP contribution in [0.1, 0.15) is 12.1 Å². The number of thiazole rings is 1. The Labute approximate surface area is 216 Å². The van der Waals surface area contributed by atoms with E-state index in [0.29, 0.717) is 34.7 Å². The number of carbonyl (C=O) groups excluding carboxylic acids is 2. The Morgan fingerprint density at radius 1 is 1.16 bits per heavy atom. The third-order valence-electron chi connectivity index (χ3n) is 6.31. The maximum atomic E-state index is 13.2. The number of carbonyl (C=O) groups is 2. The Balaban J connectivity index is 1.20. The number of aryl methyl sites for hydroxylation is 1. The zero-order chi connectivity index (χ0) is 25.5. The van der Waals surface area contributed by atoms with Gasteiger partial charge in [-0.1, -0.05) is 18.2 Å². The molecule has 10 heteroatoms. The molecule has 5 aromatic rings. The number of hydrogen-bond donors (Lipinski definition) is 1. The van der Waals surface area contributed by atoms with E-state index in [9.17, 15) is 9.59 Å². The van der Waals surface area contributed by atoms with Crippen LogP contribution in [-0.4, -0.2) is 40.2 Å². The lowest BCUT2D eigenvalue weighted by atomic mass is 10.1. The summed E-state index contributed by atoms with van der Waals surface area (Å²) in [7, 11) is 1.59. The van der Waals surface area contributed by atoms with Gasteiger partial charge in [0.1, 0.15) is 22.8 Å².